The van der Waals surface area contributed by atoms with Crippen LogP contribution >= 0.6 is 0 Å². The van der Waals surface area contributed by atoms with Crippen LogP contribution in [-0.4, -0.2) is 36.4 Å². The molecule has 0 aromatic rings. The van der Waals surface area contributed by atoms with Crippen LogP contribution in [0.1, 0.15) is 271 Å². The Hall–Kier alpha value is -2.40. The van der Waals surface area contributed by atoms with E-state index in [-0.39, 0.29) is 25.2 Å². The number of aliphatic hydroxyl groups is 1. The zero-order valence-corrected chi connectivity index (χ0v) is 41.1. The van der Waals surface area contributed by atoms with E-state index in [0.29, 0.717) is 12.8 Å². The number of allylic oxidation sites excluding steroid dienone is 10. The highest BCUT2D eigenvalue weighted by atomic mass is 16.6. The van der Waals surface area contributed by atoms with Crippen LogP contribution in [0.2, 0.25) is 0 Å². The van der Waals surface area contributed by atoms with Gasteiger partial charge in [-0.2, -0.15) is 0 Å². The molecule has 5 heteroatoms. The molecule has 5 nitrogen and oxygen atoms in total. The number of esters is 2. The molecule has 0 aliphatic carbocycles. The fraction of sp³-hybridized carbons (Fsp3) is 0.789. The van der Waals surface area contributed by atoms with E-state index in [1.165, 1.54) is 154 Å². The molecular weight excluding hydrogens is 765 g/mol. The molecule has 0 aliphatic heterocycles. The highest BCUT2D eigenvalue weighted by Crippen LogP contribution is 2.17. The number of hydrogen-bond donors (Lipinski definition) is 1. The maximum absolute atomic E-state index is 12.3. The van der Waals surface area contributed by atoms with E-state index in [1.54, 1.807) is 0 Å². The predicted octanol–water partition coefficient (Wildman–Crippen LogP) is 17.9. The second kappa shape index (κ2) is 52.9. The summed E-state index contributed by atoms with van der Waals surface area (Å²) in [6.45, 7) is 4.04. The quantitative estimate of drug-likeness (QED) is 0.0375. The van der Waals surface area contributed by atoms with E-state index >= 15 is 0 Å². The molecule has 0 fully saturated rings. The lowest BCUT2D eigenvalue weighted by Gasteiger charge is -2.15. The number of hydrogen-bond acceptors (Lipinski definition) is 5. The first-order valence-electron chi connectivity index (χ1n) is 26.8. The zero-order valence-electron chi connectivity index (χ0n) is 41.1. The van der Waals surface area contributed by atoms with Crippen LogP contribution in [0.3, 0.4) is 0 Å². The lowest BCUT2D eigenvalue weighted by atomic mass is 10.0. The molecule has 0 rings (SSSR count). The van der Waals surface area contributed by atoms with Gasteiger partial charge in [0.1, 0.15) is 6.61 Å². The first-order chi connectivity index (χ1) is 30.6. The van der Waals surface area contributed by atoms with Crippen molar-refractivity contribution in [2.45, 2.75) is 277 Å². The van der Waals surface area contributed by atoms with Gasteiger partial charge in [0.2, 0.25) is 0 Å². The third-order valence-corrected chi connectivity index (χ3v) is 11.8. The van der Waals surface area contributed by atoms with Crippen LogP contribution in [0.5, 0.6) is 0 Å². The summed E-state index contributed by atoms with van der Waals surface area (Å²) in [4.78, 5) is 24.5. The highest BCUT2D eigenvalue weighted by molar-refractivity contribution is 5.70. The number of ether oxygens (including phenoxy) is 2. The maximum atomic E-state index is 12.3. The molecule has 1 N–H and O–H groups in total. The normalized spacial score (nSPS) is 12.6. The van der Waals surface area contributed by atoms with Crippen molar-refractivity contribution in [2.75, 3.05) is 13.2 Å². The van der Waals surface area contributed by atoms with Crippen molar-refractivity contribution in [3.05, 3.63) is 60.8 Å². The second-order valence-electron chi connectivity index (χ2n) is 17.9. The minimum atomic E-state index is -0.784. The summed E-state index contributed by atoms with van der Waals surface area (Å²) in [6, 6.07) is 0. The molecule has 0 radical (unpaired) electrons. The van der Waals surface area contributed by atoms with E-state index in [2.05, 4.69) is 74.6 Å². The van der Waals surface area contributed by atoms with Gasteiger partial charge in [-0.25, -0.2) is 0 Å². The number of unbranched alkanes of at least 4 members (excludes halogenated alkanes) is 31. The van der Waals surface area contributed by atoms with Crippen LogP contribution in [-0.2, 0) is 19.1 Å². The van der Waals surface area contributed by atoms with Crippen molar-refractivity contribution in [2.24, 2.45) is 0 Å². The predicted molar refractivity (Wildman–Crippen MR) is 270 cm³/mol. The first kappa shape index (κ1) is 59.6. The minimum absolute atomic E-state index is 0.0730. The Balaban J connectivity index is 3.49. The summed E-state index contributed by atoms with van der Waals surface area (Å²) in [5.41, 5.74) is 0. The molecule has 1 atom stereocenters. The molecule has 62 heavy (non-hydrogen) atoms. The van der Waals surface area contributed by atoms with Crippen LogP contribution in [0.25, 0.3) is 0 Å². The topological polar surface area (TPSA) is 72.8 Å². The van der Waals surface area contributed by atoms with Crippen LogP contribution < -0.4 is 0 Å². The third-order valence-electron chi connectivity index (χ3n) is 11.8. The largest absolute Gasteiger partial charge is 0.462 e. The lowest BCUT2D eigenvalue weighted by Crippen LogP contribution is -2.28. The van der Waals surface area contributed by atoms with Gasteiger partial charge in [-0.1, -0.05) is 261 Å². The molecule has 360 valence electrons. The molecule has 1 unspecified atom stereocenters. The minimum Gasteiger partial charge on any atom is -0.462 e. The highest BCUT2D eigenvalue weighted by Gasteiger charge is 2.16. The maximum Gasteiger partial charge on any atom is 0.306 e. The summed E-state index contributed by atoms with van der Waals surface area (Å²) in [5.74, 6) is -0.604. The van der Waals surface area contributed by atoms with Crippen molar-refractivity contribution < 1.29 is 24.2 Å². The molecule has 0 amide bonds. The molecule has 0 aromatic heterocycles. The number of carbonyl (C=O) groups excluding carboxylic acids is 2. The zero-order chi connectivity index (χ0) is 44.9. The van der Waals surface area contributed by atoms with Crippen molar-refractivity contribution in [1.29, 1.82) is 0 Å². The van der Waals surface area contributed by atoms with Crippen molar-refractivity contribution in [3.8, 4) is 0 Å². The van der Waals surface area contributed by atoms with Gasteiger partial charge in [0.15, 0.2) is 6.10 Å². The van der Waals surface area contributed by atoms with Gasteiger partial charge in [0, 0.05) is 12.8 Å². The Morgan fingerprint density at radius 3 is 1.05 bits per heavy atom. The van der Waals surface area contributed by atoms with Crippen LogP contribution in [0.4, 0.5) is 0 Å². The van der Waals surface area contributed by atoms with E-state index in [9.17, 15) is 14.7 Å². The fourth-order valence-electron chi connectivity index (χ4n) is 7.82. The Morgan fingerprint density at radius 1 is 0.387 bits per heavy atom. The average molecular weight is 867 g/mol. The van der Waals surface area contributed by atoms with Crippen LogP contribution in [0.15, 0.2) is 60.8 Å². The standard InChI is InChI=1S/C57H102O5/c1-3-5-7-9-11-13-15-17-19-21-23-25-26-27-28-29-30-32-33-35-37-39-41-43-45-47-49-51-56(59)61-54-55(53-58)62-57(60)52-50-48-46-44-42-40-38-36-34-31-24-22-20-18-16-14-12-10-8-6-4-2/h6,8,12,14,18,20,24,31,36,38,55,58H,3-5,7,9-11,13,15-17,19,21-23,25-30,32-35,37,39-54H2,1-2H3/b8-6-,14-12-,20-18-,31-24-,38-36-. The Bertz CT molecular complexity index is 1070. The molecule has 0 bridgehead atoms. The molecule has 0 aliphatic rings. The van der Waals surface area contributed by atoms with Gasteiger partial charge in [0.25, 0.3) is 0 Å². The van der Waals surface area contributed by atoms with E-state index in [4.69, 9.17) is 9.47 Å². The SMILES string of the molecule is CC/C=C\C/C=C\C/C=C\C/C=C\C/C=C\CCCCCCCC(=O)OC(CO)COC(=O)CCCCCCCCCCCCCCCCCCCCCCCCCCCCC. The molecule has 0 spiro atoms. The summed E-state index contributed by atoms with van der Waals surface area (Å²) >= 11 is 0. The smallest absolute Gasteiger partial charge is 0.306 e. The van der Waals surface area contributed by atoms with Gasteiger partial charge in [-0.05, 0) is 57.8 Å². The Kier molecular flexibility index (Phi) is 50.9. The fourth-order valence-corrected chi connectivity index (χ4v) is 7.82. The average Bonchev–Trinajstić information content (AvgIpc) is 3.28. The van der Waals surface area contributed by atoms with Crippen molar-refractivity contribution in [3.63, 3.8) is 0 Å². The summed E-state index contributed by atoms with van der Waals surface area (Å²) in [5, 5.41) is 9.63. The summed E-state index contributed by atoms with van der Waals surface area (Å²) < 4.78 is 10.7. The molecule has 0 saturated heterocycles. The van der Waals surface area contributed by atoms with Crippen LogP contribution in [0, 0.1) is 0 Å². The molecule has 0 saturated carbocycles. The molecule has 0 aromatic carbocycles. The number of aliphatic hydroxyl groups excluding tert-OH is 1. The van der Waals surface area contributed by atoms with Gasteiger partial charge in [-0.3, -0.25) is 9.59 Å². The summed E-state index contributed by atoms with van der Waals surface area (Å²) in [6.07, 6.45) is 70.4. The van der Waals surface area contributed by atoms with Gasteiger partial charge < -0.3 is 14.6 Å². The Labute approximate surface area is 385 Å². The van der Waals surface area contributed by atoms with E-state index in [1.807, 2.05) is 0 Å². The number of carbonyl (C=O) groups is 2. The molecular formula is C57H102O5. The van der Waals surface area contributed by atoms with Crippen molar-refractivity contribution >= 4 is 11.9 Å². The van der Waals surface area contributed by atoms with Crippen molar-refractivity contribution in [1.82, 2.24) is 0 Å². The van der Waals surface area contributed by atoms with Gasteiger partial charge in [0.05, 0.1) is 6.61 Å². The second-order valence-corrected chi connectivity index (χ2v) is 17.9. The first-order valence-corrected chi connectivity index (χ1v) is 26.8. The monoisotopic (exact) mass is 867 g/mol. The molecule has 0 heterocycles. The van der Waals surface area contributed by atoms with E-state index in [0.717, 1.165) is 89.9 Å². The third kappa shape index (κ3) is 50.2. The summed E-state index contributed by atoms with van der Waals surface area (Å²) in [7, 11) is 0. The van der Waals surface area contributed by atoms with Gasteiger partial charge >= 0.3 is 11.9 Å². The number of rotatable bonds is 49. The Morgan fingerprint density at radius 2 is 0.694 bits per heavy atom. The van der Waals surface area contributed by atoms with E-state index < -0.39 is 6.10 Å². The lowest BCUT2D eigenvalue weighted by molar-refractivity contribution is -0.161. The van der Waals surface area contributed by atoms with Gasteiger partial charge in [-0.15, -0.1) is 0 Å².